The van der Waals surface area contributed by atoms with E-state index in [2.05, 4.69) is 0 Å². The maximum absolute atomic E-state index is 13.1. The summed E-state index contributed by atoms with van der Waals surface area (Å²) in [5.74, 6) is -0.952. The van der Waals surface area contributed by atoms with Crippen LogP contribution in [0.5, 0.6) is 17.2 Å². The van der Waals surface area contributed by atoms with E-state index in [0.29, 0.717) is 30.1 Å². The van der Waals surface area contributed by atoms with E-state index in [0.717, 1.165) is 12.8 Å². The number of benzene rings is 2. The quantitative estimate of drug-likeness (QED) is 0.376. The minimum Gasteiger partial charge on any atom is -0.507 e. The summed E-state index contributed by atoms with van der Waals surface area (Å²) >= 11 is 0. The fourth-order valence-corrected chi connectivity index (χ4v) is 4.30. The number of carbonyl (C=O) groups is 2. The van der Waals surface area contributed by atoms with Crippen LogP contribution < -0.4 is 9.47 Å². The van der Waals surface area contributed by atoms with Crippen LogP contribution in [0, 0.1) is 0 Å². The monoisotopic (exact) mass is 453 g/mol. The van der Waals surface area contributed by atoms with Crippen molar-refractivity contribution in [1.29, 1.82) is 0 Å². The van der Waals surface area contributed by atoms with E-state index in [-0.39, 0.29) is 35.5 Å². The third-order valence-corrected chi connectivity index (χ3v) is 5.93. The number of ketones is 1. The number of aliphatic hydroxyl groups excluding tert-OH is 1. The largest absolute Gasteiger partial charge is 0.507 e. The SMILES string of the molecule is CCOc1cc([C@H]2/C(=C(\O)c3ccc(OC)cc3)C(=O)C(=O)N2C[C@@H]2CCCO2)ccc1O. The predicted molar refractivity (Wildman–Crippen MR) is 120 cm³/mol. The summed E-state index contributed by atoms with van der Waals surface area (Å²) in [7, 11) is 1.53. The fraction of sp³-hybridized carbons (Fsp3) is 0.360. The molecule has 8 nitrogen and oxygen atoms in total. The van der Waals surface area contributed by atoms with Crippen LogP contribution in [0.4, 0.5) is 0 Å². The number of amides is 1. The second-order valence-corrected chi connectivity index (χ2v) is 7.98. The van der Waals surface area contributed by atoms with Crippen molar-refractivity contribution in [3.8, 4) is 17.2 Å². The lowest BCUT2D eigenvalue weighted by Gasteiger charge is -2.28. The summed E-state index contributed by atoms with van der Waals surface area (Å²) in [5.41, 5.74) is 0.916. The molecule has 0 radical (unpaired) electrons. The van der Waals surface area contributed by atoms with Gasteiger partial charge in [-0.05, 0) is 61.7 Å². The van der Waals surface area contributed by atoms with Gasteiger partial charge in [-0.25, -0.2) is 0 Å². The second-order valence-electron chi connectivity index (χ2n) is 7.98. The van der Waals surface area contributed by atoms with Gasteiger partial charge in [0.25, 0.3) is 11.7 Å². The van der Waals surface area contributed by atoms with Crippen LogP contribution in [0.3, 0.4) is 0 Å². The van der Waals surface area contributed by atoms with Crippen molar-refractivity contribution in [2.75, 3.05) is 26.9 Å². The van der Waals surface area contributed by atoms with E-state index in [1.165, 1.54) is 18.1 Å². The highest BCUT2D eigenvalue weighted by Gasteiger charge is 2.47. The topological polar surface area (TPSA) is 106 Å². The zero-order valence-electron chi connectivity index (χ0n) is 18.6. The first-order valence-corrected chi connectivity index (χ1v) is 10.9. The van der Waals surface area contributed by atoms with Gasteiger partial charge in [0.2, 0.25) is 0 Å². The molecule has 2 aromatic carbocycles. The lowest BCUT2D eigenvalue weighted by Crippen LogP contribution is -2.36. The molecule has 0 saturated carbocycles. The van der Waals surface area contributed by atoms with E-state index in [9.17, 15) is 19.8 Å². The summed E-state index contributed by atoms with van der Waals surface area (Å²) in [6.07, 6.45) is 1.49. The molecule has 0 bridgehead atoms. The maximum atomic E-state index is 13.1. The van der Waals surface area contributed by atoms with Crippen LogP contribution in [0.2, 0.25) is 0 Å². The van der Waals surface area contributed by atoms with Crippen molar-refractivity contribution in [2.24, 2.45) is 0 Å². The van der Waals surface area contributed by atoms with Crippen molar-refractivity contribution in [3.63, 3.8) is 0 Å². The minimum atomic E-state index is -0.851. The molecule has 4 rings (SSSR count). The van der Waals surface area contributed by atoms with Crippen LogP contribution in [0.1, 0.15) is 36.9 Å². The Morgan fingerprint density at radius 3 is 2.58 bits per heavy atom. The smallest absolute Gasteiger partial charge is 0.295 e. The van der Waals surface area contributed by atoms with Crippen molar-refractivity contribution in [2.45, 2.75) is 31.9 Å². The first-order valence-electron chi connectivity index (χ1n) is 10.9. The molecule has 2 fully saturated rings. The number of carbonyl (C=O) groups excluding carboxylic acids is 2. The Morgan fingerprint density at radius 2 is 1.94 bits per heavy atom. The molecule has 2 saturated heterocycles. The van der Waals surface area contributed by atoms with Gasteiger partial charge in [-0.2, -0.15) is 0 Å². The summed E-state index contributed by atoms with van der Waals surface area (Å²) < 4.78 is 16.4. The molecule has 174 valence electrons. The first kappa shape index (κ1) is 22.7. The highest BCUT2D eigenvalue weighted by Crippen LogP contribution is 2.42. The van der Waals surface area contributed by atoms with Gasteiger partial charge in [-0.15, -0.1) is 0 Å². The predicted octanol–water partition coefficient (Wildman–Crippen LogP) is 3.40. The van der Waals surface area contributed by atoms with Gasteiger partial charge in [0.1, 0.15) is 11.5 Å². The number of nitrogens with zero attached hydrogens (tertiary/aromatic N) is 1. The number of aromatic hydroxyl groups is 1. The number of phenols is 1. The van der Waals surface area contributed by atoms with Crippen molar-refractivity contribution >= 4 is 17.4 Å². The number of likely N-dealkylation sites (tertiary alicyclic amines) is 1. The van der Waals surface area contributed by atoms with Gasteiger partial charge in [-0.1, -0.05) is 6.07 Å². The number of rotatable bonds is 7. The molecule has 0 aliphatic carbocycles. The third kappa shape index (κ3) is 4.39. The highest BCUT2D eigenvalue weighted by molar-refractivity contribution is 6.46. The normalized spacial score (nSPS) is 22.1. The minimum absolute atomic E-state index is 0.0173. The standard InChI is InChI=1S/C25H27NO7/c1-3-32-20-13-16(8-11-19(20)27)22-21(23(28)15-6-9-17(31-2)10-7-15)24(29)25(30)26(22)14-18-5-4-12-33-18/h6-11,13,18,22,27-28H,3-5,12,14H2,1-2H3/b23-21+/t18-,22-/m0/s1. The molecule has 1 amide bonds. The zero-order valence-corrected chi connectivity index (χ0v) is 18.6. The number of phenolic OH excluding ortho intramolecular Hbond substituents is 1. The van der Waals surface area contributed by atoms with E-state index in [1.54, 1.807) is 43.3 Å². The van der Waals surface area contributed by atoms with Gasteiger partial charge in [0, 0.05) is 18.7 Å². The average molecular weight is 453 g/mol. The van der Waals surface area contributed by atoms with Crippen LogP contribution >= 0.6 is 0 Å². The molecule has 0 aromatic heterocycles. The number of Topliss-reactive ketones (excluding diaryl/α,β-unsaturated/α-hetero) is 1. The first-order chi connectivity index (χ1) is 15.9. The molecule has 8 heteroatoms. The molecular weight excluding hydrogens is 426 g/mol. The maximum Gasteiger partial charge on any atom is 0.295 e. The number of hydrogen-bond acceptors (Lipinski definition) is 7. The molecule has 2 atom stereocenters. The Labute approximate surface area is 192 Å². The molecule has 33 heavy (non-hydrogen) atoms. The Balaban J connectivity index is 1.83. The van der Waals surface area contributed by atoms with E-state index >= 15 is 0 Å². The van der Waals surface area contributed by atoms with E-state index in [1.807, 2.05) is 0 Å². The Kier molecular flexibility index (Phi) is 6.55. The number of hydrogen-bond donors (Lipinski definition) is 2. The van der Waals surface area contributed by atoms with Gasteiger partial charge >= 0.3 is 0 Å². The van der Waals surface area contributed by atoms with Crippen molar-refractivity contribution in [3.05, 3.63) is 59.2 Å². The zero-order chi connectivity index (χ0) is 23.5. The number of ether oxygens (including phenoxy) is 3. The third-order valence-electron chi connectivity index (χ3n) is 5.93. The highest BCUT2D eigenvalue weighted by atomic mass is 16.5. The van der Waals surface area contributed by atoms with E-state index < -0.39 is 17.7 Å². The number of aliphatic hydroxyl groups is 1. The lowest BCUT2D eigenvalue weighted by atomic mass is 9.94. The number of methoxy groups -OCH3 is 1. The van der Waals surface area contributed by atoms with Gasteiger partial charge in [0.15, 0.2) is 11.5 Å². The molecule has 0 unspecified atom stereocenters. The molecule has 2 aliphatic rings. The van der Waals surface area contributed by atoms with Gasteiger partial charge in [-0.3, -0.25) is 9.59 Å². The molecule has 2 aromatic rings. The Hall–Kier alpha value is -3.52. The van der Waals surface area contributed by atoms with Crippen LogP contribution in [-0.4, -0.2) is 59.8 Å². The Bertz CT molecular complexity index is 1070. The molecule has 2 aliphatic heterocycles. The summed E-state index contributed by atoms with van der Waals surface area (Å²) in [5, 5.41) is 21.3. The molecular formula is C25H27NO7. The second kappa shape index (κ2) is 9.54. The Morgan fingerprint density at radius 1 is 1.18 bits per heavy atom. The average Bonchev–Trinajstić information content (AvgIpc) is 3.43. The van der Waals surface area contributed by atoms with E-state index in [4.69, 9.17) is 14.2 Å². The van der Waals surface area contributed by atoms with Crippen LogP contribution in [-0.2, 0) is 14.3 Å². The van der Waals surface area contributed by atoms with Gasteiger partial charge < -0.3 is 29.3 Å². The van der Waals surface area contributed by atoms with Crippen molar-refractivity contribution in [1.82, 2.24) is 4.90 Å². The van der Waals surface area contributed by atoms with Crippen LogP contribution in [0.15, 0.2) is 48.0 Å². The van der Waals surface area contributed by atoms with Crippen molar-refractivity contribution < 1.29 is 34.0 Å². The molecule has 2 heterocycles. The molecule has 0 spiro atoms. The summed E-state index contributed by atoms with van der Waals surface area (Å²) in [6.45, 7) is 2.95. The summed E-state index contributed by atoms with van der Waals surface area (Å²) in [4.78, 5) is 27.6. The fourth-order valence-electron chi connectivity index (χ4n) is 4.30. The van der Waals surface area contributed by atoms with Gasteiger partial charge in [0.05, 0.1) is 31.4 Å². The van der Waals surface area contributed by atoms with Crippen LogP contribution in [0.25, 0.3) is 5.76 Å². The lowest BCUT2D eigenvalue weighted by molar-refractivity contribution is -0.140. The summed E-state index contributed by atoms with van der Waals surface area (Å²) in [6, 6.07) is 10.4. The molecule has 2 N–H and O–H groups in total.